The number of hydrogen-bond donors (Lipinski definition) is 2. The third-order valence-electron chi connectivity index (χ3n) is 3.96. The van der Waals surface area contributed by atoms with Gasteiger partial charge in [-0.2, -0.15) is 0 Å². The molecule has 2 amide bonds. The van der Waals surface area contributed by atoms with Crippen molar-refractivity contribution in [3.63, 3.8) is 0 Å². The molecule has 2 heterocycles. The zero-order valence-electron chi connectivity index (χ0n) is 11.5. The van der Waals surface area contributed by atoms with E-state index >= 15 is 0 Å². The first-order valence-electron chi connectivity index (χ1n) is 6.97. The molecule has 1 aromatic carbocycles. The van der Waals surface area contributed by atoms with Crippen molar-refractivity contribution >= 4 is 23.5 Å². The first-order chi connectivity index (χ1) is 10.0. The molecule has 0 saturated carbocycles. The molecule has 0 aromatic heterocycles. The van der Waals surface area contributed by atoms with Gasteiger partial charge in [-0.3, -0.25) is 14.4 Å². The van der Waals surface area contributed by atoms with Gasteiger partial charge in [0.2, 0.25) is 5.91 Å². The Morgan fingerprint density at radius 1 is 1.29 bits per heavy atom. The van der Waals surface area contributed by atoms with E-state index in [9.17, 15) is 14.4 Å². The van der Waals surface area contributed by atoms with Crippen LogP contribution >= 0.6 is 0 Å². The number of rotatable bonds is 3. The Balaban J connectivity index is 1.67. The van der Waals surface area contributed by atoms with Gasteiger partial charge in [0.1, 0.15) is 0 Å². The topological polar surface area (TPSA) is 86.7 Å². The van der Waals surface area contributed by atoms with Crippen LogP contribution in [0.4, 0.5) is 5.69 Å². The molecule has 2 aliphatic rings. The highest BCUT2D eigenvalue weighted by molar-refractivity contribution is 5.98. The minimum Gasteiger partial charge on any atom is -0.481 e. The number of likely N-dealkylation sites (tertiary alicyclic amines) is 1. The van der Waals surface area contributed by atoms with Crippen molar-refractivity contribution in [2.75, 3.05) is 18.4 Å². The number of carbonyl (C=O) groups is 3. The van der Waals surface area contributed by atoms with E-state index in [0.717, 1.165) is 11.3 Å². The number of aliphatic carboxylic acids is 1. The average molecular weight is 288 g/mol. The van der Waals surface area contributed by atoms with Gasteiger partial charge in [0.25, 0.3) is 5.91 Å². The van der Waals surface area contributed by atoms with Crippen LogP contribution in [0, 0.1) is 5.92 Å². The number of anilines is 1. The van der Waals surface area contributed by atoms with E-state index < -0.39 is 5.97 Å². The van der Waals surface area contributed by atoms with Crippen LogP contribution in [-0.2, 0) is 16.0 Å². The zero-order valence-corrected chi connectivity index (χ0v) is 11.5. The Bertz CT molecular complexity index is 620. The summed E-state index contributed by atoms with van der Waals surface area (Å²) in [5.74, 6) is -0.836. The Morgan fingerprint density at radius 3 is 2.76 bits per heavy atom. The summed E-state index contributed by atoms with van der Waals surface area (Å²) in [6.45, 7) is 0.998. The lowest BCUT2D eigenvalue weighted by Gasteiger charge is -2.38. The quantitative estimate of drug-likeness (QED) is 0.872. The van der Waals surface area contributed by atoms with E-state index in [2.05, 4.69) is 5.32 Å². The summed E-state index contributed by atoms with van der Waals surface area (Å²) < 4.78 is 0. The van der Waals surface area contributed by atoms with Crippen LogP contribution in [0.25, 0.3) is 0 Å². The Kier molecular flexibility index (Phi) is 3.37. The summed E-state index contributed by atoms with van der Waals surface area (Å²) >= 11 is 0. The van der Waals surface area contributed by atoms with E-state index in [1.54, 1.807) is 17.0 Å². The van der Waals surface area contributed by atoms with Crippen molar-refractivity contribution in [1.82, 2.24) is 4.90 Å². The summed E-state index contributed by atoms with van der Waals surface area (Å²) in [7, 11) is 0. The molecule has 110 valence electrons. The second-order valence-corrected chi connectivity index (χ2v) is 5.59. The number of benzene rings is 1. The first-order valence-corrected chi connectivity index (χ1v) is 6.97. The second-order valence-electron chi connectivity index (χ2n) is 5.59. The molecule has 0 aliphatic carbocycles. The zero-order chi connectivity index (χ0) is 15.0. The largest absolute Gasteiger partial charge is 0.481 e. The van der Waals surface area contributed by atoms with Crippen LogP contribution in [0.3, 0.4) is 0 Å². The molecule has 21 heavy (non-hydrogen) atoms. The number of carboxylic acid groups (broad SMARTS) is 1. The minimum absolute atomic E-state index is 0.000770. The molecule has 0 atom stereocenters. The van der Waals surface area contributed by atoms with Gasteiger partial charge in [-0.25, -0.2) is 0 Å². The molecule has 0 radical (unpaired) electrons. The van der Waals surface area contributed by atoms with E-state index in [4.69, 9.17) is 5.11 Å². The molecule has 0 unspecified atom stereocenters. The lowest BCUT2D eigenvalue weighted by molar-refractivity contribution is -0.139. The van der Waals surface area contributed by atoms with Crippen LogP contribution in [0.15, 0.2) is 18.2 Å². The molecule has 2 aliphatic heterocycles. The number of nitrogens with one attached hydrogen (secondary N) is 1. The highest BCUT2D eigenvalue weighted by Crippen LogP contribution is 2.26. The van der Waals surface area contributed by atoms with Gasteiger partial charge in [0, 0.05) is 36.7 Å². The number of fused-ring (bicyclic) bond motifs is 1. The highest BCUT2D eigenvalue weighted by Gasteiger charge is 2.32. The van der Waals surface area contributed by atoms with E-state index in [-0.39, 0.29) is 24.2 Å². The summed E-state index contributed by atoms with van der Waals surface area (Å²) in [5, 5.41) is 11.5. The maximum absolute atomic E-state index is 12.3. The SMILES string of the molecule is O=C(O)CC1CN(C(=O)c2ccc3c(c2)CCC(=O)N3)C1. The van der Waals surface area contributed by atoms with Crippen LogP contribution in [0.1, 0.15) is 28.8 Å². The molecular weight excluding hydrogens is 272 g/mol. The van der Waals surface area contributed by atoms with Gasteiger partial charge in [-0.15, -0.1) is 0 Å². The second kappa shape index (κ2) is 5.20. The Morgan fingerprint density at radius 2 is 2.05 bits per heavy atom. The van der Waals surface area contributed by atoms with E-state index in [0.29, 0.717) is 31.5 Å². The fraction of sp³-hybridized carbons (Fsp3) is 0.400. The van der Waals surface area contributed by atoms with E-state index in [1.165, 1.54) is 0 Å². The molecule has 0 bridgehead atoms. The van der Waals surface area contributed by atoms with Crippen molar-refractivity contribution in [2.24, 2.45) is 5.92 Å². The van der Waals surface area contributed by atoms with Crippen molar-refractivity contribution in [3.8, 4) is 0 Å². The normalized spacial score (nSPS) is 17.7. The maximum Gasteiger partial charge on any atom is 0.303 e. The standard InChI is InChI=1S/C15H16N2O4/c18-13-4-2-10-6-11(1-3-12(10)16-13)15(21)17-7-9(8-17)5-14(19)20/h1,3,6,9H,2,4-5,7-8H2,(H,16,18)(H,19,20). The molecule has 1 aromatic rings. The molecule has 3 rings (SSSR count). The molecule has 1 fully saturated rings. The number of amides is 2. The monoisotopic (exact) mass is 288 g/mol. The van der Waals surface area contributed by atoms with Crippen molar-refractivity contribution in [3.05, 3.63) is 29.3 Å². The fourth-order valence-corrected chi connectivity index (χ4v) is 2.81. The number of aryl methyl sites for hydroxylation is 1. The smallest absolute Gasteiger partial charge is 0.303 e. The lowest BCUT2D eigenvalue weighted by Crippen LogP contribution is -2.50. The fourth-order valence-electron chi connectivity index (χ4n) is 2.81. The van der Waals surface area contributed by atoms with Gasteiger partial charge in [0.15, 0.2) is 0 Å². The Hall–Kier alpha value is -2.37. The third kappa shape index (κ3) is 2.74. The van der Waals surface area contributed by atoms with Gasteiger partial charge >= 0.3 is 5.97 Å². The summed E-state index contributed by atoms with van der Waals surface area (Å²) in [6, 6.07) is 5.28. The number of carboxylic acids is 1. The van der Waals surface area contributed by atoms with Crippen LogP contribution in [-0.4, -0.2) is 40.9 Å². The molecule has 1 saturated heterocycles. The molecule has 6 nitrogen and oxygen atoms in total. The van der Waals surface area contributed by atoms with Crippen LogP contribution in [0.2, 0.25) is 0 Å². The average Bonchev–Trinajstić information content (AvgIpc) is 2.41. The van der Waals surface area contributed by atoms with Crippen molar-refractivity contribution in [1.29, 1.82) is 0 Å². The Labute approximate surface area is 121 Å². The third-order valence-corrected chi connectivity index (χ3v) is 3.96. The number of nitrogens with zero attached hydrogens (tertiary/aromatic N) is 1. The van der Waals surface area contributed by atoms with Crippen molar-refractivity contribution in [2.45, 2.75) is 19.3 Å². The number of hydrogen-bond acceptors (Lipinski definition) is 3. The summed E-state index contributed by atoms with van der Waals surface area (Å²) in [4.78, 5) is 35.9. The predicted molar refractivity (Wildman–Crippen MR) is 75.0 cm³/mol. The maximum atomic E-state index is 12.3. The summed E-state index contributed by atoms with van der Waals surface area (Å²) in [6.07, 6.45) is 1.19. The molecule has 2 N–H and O–H groups in total. The predicted octanol–water partition coefficient (Wildman–Crippen LogP) is 1.12. The van der Waals surface area contributed by atoms with Gasteiger partial charge in [-0.1, -0.05) is 0 Å². The van der Waals surface area contributed by atoms with Crippen LogP contribution in [0.5, 0.6) is 0 Å². The van der Waals surface area contributed by atoms with Gasteiger partial charge < -0.3 is 15.3 Å². The minimum atomic E-state index is -0.823. The number of carbonyl (C=O) groups excluding carboxylic acids is 2. The molecule has 6 heteroatoms. The summed E-state index contributed by atoms with van der Waals surface area (Å²) in [5.41, 5.74) is 2.34. The van der Waals surface area contributed by atoms with Gasteiger partial charge in [-0.05, 0) is 30.2 Å². The van der Waals surface area contributed by atoms with Gasteiger partial charge in [0.05, 0.1) is 6.42 Å². The highest BCUT2D eigenvalue weighted by atomic mass is 16.4. The lowest BCUT2D eigenvalue weighted by atomic mass is 9.94. The molecular formula is C15H16N2O4. The first kappa shape index (κ1) is 13.6. The van der Waals surface area contributed by atoms with Crippen LogP contribution < -0.4 is 5.32 Å². The molecule has 0 spiro atoms. The van der Waals surface area contributed by atoms with E-state index in [1.807, 2.05) is 6.07 Å². The van der Waals surface area contributed by atoms with Crippen molar-refractivity contribution < 1.29 is 19.5 Å².